The molecule has 2 N–H and O–H groups in total. The zero-order valence-corrected chi connectivity index (χ0v) is 15.5. The van der Waals surface area contributed by atoms with E-state index in [4.69, 9.17) is 11.6 Å². The van der Waals surface area contributed by atoms with Crippen molar-refractivity contribution in [1.29, 1.82) is 0 Å². The Bertz CT molecular complexity index is 917. The molecule has 0 unspecified atom stereocenters. The lowest BCUT2D eigenvalue weighted by Gasteiger charge is -2.24. The second-order valence-corrected chi connectivity index (χ2v) is 6.96. The van der Waals surface area contributed by atoms with Gasteiger partial charge in [-0.25, -0.2) is 9.67 Å². The van der Waals surface area contributed by atoms with Crippen LogP contribution < -0.4 is 10.6 Å². The van der Waals surface area contributed by atoms with Gasteiger partial charge in [-0.15, -0.1) is 0 Å². The van der Waals surface area contributed by atoms with Gasteiger partial charge in [-0.3, -0.25) is 4.79 Å². The van der Waals surface area contributed by atoms with Crippen molar-refractivity contribution in [3.8, 4) is 5.69 Å². The van der Waals surface area contributed by atoms with Crippen molar-refractivity contribution in [2.24, 2.45) is 0 Å². The third kappa shape index (κ3) is 3.86. The summed E-state index contributed by atoms with van der Waals surface area (Å²) < 4.78 is 1.86. The molecule has 1 aliphatic heterocycles. The number of carbonyl (C=O) groups is 1. The molecule has 6 nitrogen and oxygen atoms in total. The maximum atomic E-state index is 12.9. The number of rotatable bonds is 4. The van der Waals surface area contributed by atoms with Gasteiger partial charge in [0.15, 0.2) is 0 Å². The van der Waals surface area contributed by atoms with E-state index < -0.39 is 0 Å². The molecule has 0 atom stereocenters. The summed E-state index contributed by atoms with van der Waals surface area (Å²) in [6.45, 7) is 1.86. The van der Waals surface area contributed by atoms with Gasteiger partial charge in [0.05, 0.1) is 23.1 Å². The van der Waals surface area contributed by atoms with Gasteiger partial charge in [0.2, 0.25) is 0 Å². The van der Waals surface area contributed by atoms with E-state index in [1.165, 1.54) is 0 Å². The number of nitrogens with one attached hydrogen (secondary N) is 2. The lowest BCUT2D eigenvalue weighted by molar-refractivity contribution is 0.102. The van der Waals surface area contributed by atoms with Crippen LogP contribution in [0.3, 0.4) is 0 Å². The summed E-state index contributed by atoms with van der Waals surface area (Å²) in [4.78, 5) is 17.1. The van der Waals surface area contributed by atoms with Crippen LogP contribution in [0, 0.1) is 0 Å². The standard InChI is InChI=1S/C20H20ClN5O/c21-15-4-6-16(7-5-15)26-19(14-8-11-22-12-9-14)17(13-24-26)20(27)25-18-3-1-2-10-23-18/h1-7,10,13-14,22H,8-9,11-12H2,(H,23,25,27). The van der Waals surface area contributed by atoms with Crippen LogP contribution in [0.4, 0.5) is 5.82 Å². The van der Waals surface area contributed by atoms with E-state index in [1.54, 1.807) is 18.5 Å². The van der Waals surface area contributed by atoms with Gasteiger partial charge in [-0.2, -0.15) is 5.10 Å². The van der Waals surface area contributed by atoms with Crippen molar-refractivity contribution in [3.05, 3.63) is 71.1 Å². The largest absolute Gasteiger partial charge is 0.317 e. The fourth-order valence-corrected chi connectivity index (χ4v) is 3.56. The molecule has 0 bridgehead atoms. The molecule has 1 saturated heterocycles. The number of carbonyl (C=O) groups excluding carboxylic acids is 1. The van der Waals surface area contributed by atoms with Crippen LogP contribution in [0.2, 0.25) is 5.02 Å². The third-order valence-electron chi connectivity index (χ3n) is 4.75. The molecule has 7 heteroatoms. The van der Waals surface area contributed by atoms with Crippen molar-refractivity contribution in [3.63, 3.8) is 0 Å². The Morgan fingerprint density at radius 1 is 1.15 bits per heavy atom. The van der Waals surface area contributed by atoms with Crippen LogP contribution in [0.1, 0.15) is 34.8 Å². The summed E-state index contributed by atoms with van der Waals surface area (Å²) in [6.07, 6.45) is 5.22. The van der Waals surface area contributed by atoms with E-state index >= 15 is 0 Å². The smallest absolute Gasteiger partial charge is 0.260 e. The highest BCUT2D eigenvalue weighted by atomic mass is 35.5. The first-order valence-electron chi connectivity index (χ1n) is 8.99. The lowest BCUT2D eigenvalue weighted by atomic mass is 9.91. The summed E-state index contributed by atoms with van der Waals surface area (Å²) in [5.74, 6) is 0.592. The Hall–Kier alpha value is -2.70. The maximum absolute atomic E-state index is 12.9. The van der Waals surface area contributed by atoms with E-state index in [9.17, 15) is 4.79 Å². The zero-order chi connectivity index (χ0) is 18.6. The minimum Gasteiger partial charge on any atom is -0.317 e. The van der Waals surface area contributed by atoms with Gasteiger partial charge in [0.25, 0.3) is 5.91 Å². The third-order valence-corrected chi connectivity index (χ3v) is 5.01. The van der Waals surface area contributed by atoms with Gasteiger partial charge in [-0.05, 0) is 62.3 Å². The molecule has 1 fully saturated rings. The second-order valence-electron chi connectivity index (χ2n) is 6.53. The highest BCUT2D eigenvalue weighted by Gasteiger charge is 2.27. The summed E-state index contributed by atoms with van der Waals surface area (Å²) in [7, 11) is 0. The molecule has 27 heavy (non-hydrogen) atoms. The molecule has 0 saturated carbocycles. The molecule has 0 aliphatic carbocycles. The van der Waals surface area contributed by atoms with Crippen LogP contribution >= 0.6 is 11.6 Å². The highest BCUT2D eigenvalue weighted by Crippen LogP contribution is 2.31. The molecule has 138 valence electrons. The molecule has 3 aromatic rings. The molecule has 2 aromatic heterocycles. The average Bonchev–Trinajstić information content (AvgIpc) is 3.15. The number of benzene rings is 1. The Morgan fingerprint density at radius 3 is 2.63 bits per heavy atom. The molecular weight excluding hydrogens is 362 g/mol. The van der Waals surface area contributed by atoms with Crippen molar-refractivity contribution in [2.45, 2.75) is 18.8 Å². The van der Waals surface area contributed by atoms with Crippen LogP contribution in [-0.4, -0.2) is 33.8 Å². The Labute approximate surface area is 162 Å². The number of amides is 1. The van der Waals surface area contributed by atoms with Crippen LogP contribution in [0.25, 0.3) is 5.69 Å². The molecule has 1 aliphatic rings. The van der Waals surface area contributed by atoms with Gasteiger partial charge >= 0.3 is 0 Å². The first-order valence-corrected chi connectivity index (χ1v) is 9.37. The van der Waals surface area contributed by atoms with E-state index in [0.717, 1.165) is 37.3 Å². The molecule has 3 heterocycles. The lowest BCUT2D eigenvalue weighted by Crippen LogP contribution is -2.29. The molecule has 1 amide bonds. The van der Waals surface area contributed by atoms with Crippen LogP contribution in [0.5, 0.6) is 0 Å². The Kier molecular flexibility index (Phi) is 5.18. The van der Waals surface area contributed by atoms with Gasteiger partial charge in [-0.1, -0.05) is 17.7 Å². The molecule has 0 radical (unpaired) electrons. The van der Waals surface area contributed by atoms with E-state index in [-0.39, 0.29) is 11.8 Å². The number of hydrogen-bond donors (Lipinski definition) is 2. The van der Waals surface area contributed by atoms with Crippen molar-refractivity contribution in [1.82, 2.24) is 20.1 Å². The van der Waals surface area contributed by atoms with Crippen LogP contribution in [0.15, 0.2) is 54.9 Å². The van der Waals surface area contributed by atoms with Crippen molar-refractivity contribution >= 4 is 23.3 Å². The first kappa shape index (κ1) is 17.7. The van der Waals surface area contributed by atoms with E-state index in [2.05, 4.69) is 20.7 Å². The topological polar surface area (TPSA) is 71.8 Å². The maximum Gasteiger partial charge on any atom is 0.260 e. The predicted molar refractivity (Wildman–Crippen MR) is 106 cm³/mol. The number of hydrogen-bond acceptors (Lipinski definition) is 4. The van der Waals surface area contributed by atoms with E-state index in [0.29, 0.717) is 16.4 Å². The van der Waals surface area contributed by atoms with Crippen molar-refractivity contribution in [2.75, 3.05) is 18.4 Å². The number of halogens is 1. The molecule has 4 rings (SSSR count). The summed E-state index contributed by atoms with van der Waals surface area (Å²) in [5, 5.41) is 11.4. The highest BCUT2D eigenvalue weighted by molar-refractivity contribution is 6.30. The first-order chi connectivity index (χ1) is 13.2. The number of piperidine rings is 1. The van der Waals surface area contributed by atoms with Gasteiger partial charge < -0.3 is 10.6 Å². The summed E-state index contributed by atoms with van der Waals surface area (Å²) in [5.41, 5.74) is 2.42. The molecule has 0 spiro atoms. The summed E-state index contributed by atoms with van der Waals surface area (Å²) in [6, 6.07) is 12.9. The van der Waals surface area contributed by atoms with Gasteiger partial charge in [0.1, 0.15) is 5.82 Å². The predicted octanol–water partition coefficient (Wildman–Crippen LogP) is 3.64. The Morgan fingerprint density at radius 2 is 1.93 bits per heavy atom. The van der Waals surface area contributed by atoms with E-state index in [1.807, 2.05) is 41.1 Å². The number of nitrogens with zero attached hydrogens (tertiary/aromatic N) is 3. The average molecular weight is 382 g/mol. The normalized spacial score (nSPS) is 14.9. The number of anilines is 1. The number of pyridine rings is 1. The Balaban J connectivity index is 1.72. The van der Waals surface area contributed by atoms with Crippen LogP contribution in [-0.2, 0) is 0 Å². The minimum absolute atomic E-state index is 0.192. The zero-order valence-electron chi connectivity index (χ0n) is 14.7. The molecular formula is C20H20ClN5O. The second kappa shape index (κ2) is 7.90. The SMILES string of the molecule is O=C(Nc1ccccn1)c1cnn(-c2ccc(Cl)cc2)c1C1CCNCC1. The molecule has 1 aromatic carbocycles. The monoisotopic (exact) mass is 381 g/mol. The van der Waals surface area contributed by atoms with Crippen molar-refractivity contribution < 1.29 is 4.79 Å². The van der Waals surface area contributed by atoms with Gasteiger partial charge in [0, 0.05) is 17.1 Å². The fourth-order valence-electron chi connectivity index (χ4n) is 3.43. The fraction of sp³-hybridized carbons (Fsp3) is 0.250. The minimum atomic E-state index is -0.192. The quantitative estimate of drug-likeness (QED) is 0.723. The number of aromatic nitrogens is 3. The summed E-state index contributed by atoms with van der Waals surface area (Å²) >= 11 is 6.02.